The van der Waals surface area contributed by atoms with Gasteiger partial charge in [0.25, 0.3) is 10.0 Å². The van der Waals surface area contributed by atoms with Crippen LogP contribution >= 0.6 is 0 Å². The summed E-state index contributed by atoms with van der Waals surface area (Å²) < 4.78 is 26.2. The first-order valence-electron chi connectivity index (χ1n) is 7.25. The van der Waals surface area contributed by atoms with Gasteiger partial charge in [-0.25, -0.2) is 13.4 Å². The van der Waals surface area contributed by atoms with E-state index in [9.17, 15) is 8.42 Å². The molecule has 1 saturated heterocycles. The quantitative estimate of drug-likeness (QED) is 0.821. The van der Waals surface area contributed by atoms with Crippen molar-refractivity contribution in [3.8, 4) is 0 Å². The van der Waals surface area contributed by atoms with Crippen LogP contribution in [0.4, 0.5) is 0 Å². The van der Waals surface area contributed by atoms with Crippen molar-refractivity contribution in [3.05, 3.63) is 12.0 Å². The number of rotatable bonds is 6. The van der Waals surface area contributed by atoms with Crippen molar-refractivity contribution >= 4 is 10.0 Å². The Morgan fingerprint density at radius 1 is 1.40 bits per heavy atom. The van der Waals surface area contributed by atoms with E-state index in [0.717, 1.165) is 32.4 Å². The molecule has 2 heterocycles. The lowest BCUT2D eigenvalue weighted by atomic mass is 9.95. The van der Waals surface area contributed by atoms with Gasteiger partial charge in [-0.15, -0.1) is 0 Å². The summed E-state index contributed by atoms with van der Waals surface area (Å²) in [5.74, 6) is 1.33. The van der Waals surface area contributed by atoms with E-state index in [1.165, 1.54) is 10.5 Å². The van der Waals surface area contributed by atoms with Gasteiger partial charge in [0, 0.05) is 20.0 Å². The number of imidazole rings is 1. The highest BCUT2D eigenvalue weighted by Gasteiger charge is 2.24. The van der Waals surface area contributed by atoms with Crippen LogP contribution in [0, 0.1) is 5.92 Å². The van der Waals surface area contributed by atoms with Crippen LogP contribution < -0.4 is 5.32 Å². The summed E-state index contributed by atoms with van der Waals surface area (Å²) in [6, 6.07) is 0. The molecule has 1 aromatic heterocycles. The second kappa shape index (κ2) is 6.69. The molecule has 20 heavy (non-hydrogen) atoms. The Kier molecular flexibility index (Phi) is 5.17. The predicted molar refractivity (Wildman–Crippen MR) is 78.0 cm³/mol. The van der Waals surface area contributed by atoms with Gasteiger partial charge in [-0.1, -0.05) is 6.92 Å². The molecular weight excluding hydrogens is 276 g/mol. The number of piperidine rings is 1. The molecule has 0 aliphatic carbocycles. The van der Waals surface area contributed by atoms with Crippen molar-refractivity contribution in [2.45, 2.75) is 37.6 Å². The molecule has 114 valence electrons. The number of aryl methyl sites for hydroxylation is 1. The summed E-state index contributed by atoms with van der Waals surface area (Å²) >= 11 is 0. The lowest BCUT2D eigenvalue weighted by molar-refractivity contribution is 0.325. The minimum Gasteiger partial charge on any atom is -0.332 e. The molecule has 0 spiro atoms. The van der Waals surface area contributed by atoms with Gasteiger partial charge in [0.2, 0.25) is 0 Å². The fraction of sp³-hybridized carbons (Fsp3) is 0.769. The zero-order chi connectivity index (χ0) is 14.6. The Morgan fingerprint density at radius 3 is 2.70 bits per heavy atom. The van der Waals surface area contributed by atoms with Crippen LogP contribution in [0.3, 0.4) is 0 Å². The standard InChI is InChI=1S/C13H24N4O2S/c1-3-12-15-10-13(16-12)20(18,19)17(2)9-6-11-4-7-14-8-5-11/h10-11,14H,3-9H2,1-2H3,(H,15,16). The van der Waals surface area contributed by atoms with Gasteiger partial charge >= 0.3 is 0 Å². The first-order valence-corrected chi connectivity index (χ1v) is 8.69. The summed E-state index contributed by atoms with van der Waals surface area (Å²) in [5.41, 5.74) is 0. The lowest BCUT2D eigenvalue weighted by Gasteiger charge is -2.24. The molecule has 0 aromatic carbocycles. The molecule has 1 aromatic rings. The first-order chi connectivity index (χ1) is 9.54. The lowest BCUT2D eigenvalue weighted by Crippen LogP contribution is -2.32. The SMILES string of the molecule is CCc1ncc(S(=O)(=O)N(C)CCC2CCNCC2)[nH]1. The fourth-order valence-electron chi connectivity index (χ4n) is 2.48. The molecule has 1 fully saturated rings. The fourth-order valence-corrected chi connectivity index (χ4v) is 3.59. The van der Waals surface area contributed by atoms with Gasteiger partial charge in [-0.3, -0.25) is 0 Å². The highest BCUT2D eigenvalue weighted by atomic mass is 32.2. The molecule has 7 heteroatoms. The smallest absolute Gasteiger partial charge is 0.259 e. The summed E-state index contributed by atoms with van der Waals surface area (Å²) in [5, 5.41) is 3.52. The number of nitrogens with one attached hydrogen (secondary N) is 2. The van der Waals surface area contributed by atoms with Crippen LogP contribution in [0.1, 0.15) is 32.0 Å². The molecule has 0 bridgehead atoms. The van der Waals surface area contributed by atoms with E-state index in [1.54, 1.807) is 7.05 Å². The third-order valence-corrected chi connectivity index (χ3v) is 5.71. The molecule has 1 aliphatic heterocycles. The summed E-state index contributed by atoms with van der Waals surface area (Å²) in [6.07, 6.45) is 5.31. The second-order valence-corrected chi connectivity index (χ2v) is 7.37. The van der Waals surface area contributed by atoms with Crippen molar-refractivity contribution in [3.63, 3.8) is 0 Å². The number of nitrogens with zero attached hydrogens (tertiary/aromatic N) is 2. The Morgan fingerprint density at radius 2 is 2.10 bits per heavy atom. The highest BCUT2D eigenvalue weighted by molar-refractivity contribution is 7.89. The van der Waals surface area contributed by atoms with Crippen molar-refractivity contribution < 1.29 is 8.42 Å². The number of hydrogen-bond donors (Lipinski definition) is 2. The predicted octanol–water partition coefficient (Wildman–Crippen LogP) is 0.982. The van der Waals surface area contributed by atoms with E-state index in [-0.39, 0.29) is 5.03 Å². The molecule has 0 radical (unpaired) electrons. The second-order valence-electron chi connectivity index (χ2n) is 5.36. The average molecular weight is 300 g/mol. The maximum atomic E-state index is 12.4. The van der Waals surface area contributed by atoms with E-state index in [1.807, 2.05) is 6.92 Å². The number of H-pyrrole nitrogens is 1. The number of hydrogen-bond acceptors (Lipinski definition) is 4. The average Bonchev–Trinajstić information content (AvgIpc) is 2.95. The van der Waals surface area contributed by atoms with Crippen molar-refractivity contribution in [1.29, 1.82) is 0 Å². The third kappa shape index (κ3) is 3.59. The van der Waals surface area contributed by atoms with E-state index in [4.69, 9.17) is 0 Å². The van der Waals surface area contributed by atoms with Gasteiger partial charge in [0.1, 0.15) is 5.82 Å². The molecular formula is C13H24N4O2S. The Bertz CT molecular complexity index is 520. The number of aromatic nitrogens is 2. The minimum atomic E-state index is -3.43. The molecule has 0 atom stereocenters. The molecule has 0 amide bonds. The maximum absolute atomic E-state index is 12.4. The largest absolute Gasteiger partial charge is 0.332 e. The molecule has 6 nitrogen and oxygen atoms in total. The Labute approximate surface area is 121 Å². The summed E-state index contributed by atoms with van der Waals surface area (Å²) in [6.45, 7) is 4.59. The zero-order valence-electron chi connectivity index (χ0n) is 12.2. The Hall–Kier alpha value is -0.920. The van der Waals surface area contributed by atoms with Crippen LogP contribution in [-0.4, -0.2) is 49.4 Å². The summed E-state index contributed by atoms with van der Waals surface area (Å²) in [7, 11) is -1.79. The summed E-state index contributed by atoms with van der Waals surface area (Å²) in [4.78, 5) is 6.93. The molecule has 2 rings (SSSR count). The van der Waals surface area contributed by atoms with Crippen molar-refractivity contribution in [2.75, 3.05) is 26.7 Å². The van der Waals surface area contributed by atoms with Gasteiger partial charge in [-0.2, -0.15) is 4.31 Å². The van der Waals surface area contributed by atoms with Crippen LogP contribution in [0.25, 0.3) is 0 Å². The zero-order valence-corrected chi connectivity index (χ0v) is 13.0. The highest BCUT2D eigenvalue weighted by Crippen LogP contribution is 2.18. The van der Waals surface area contributed by atoms with Gasteiger partial charge in [0.15, 0.2) is 5.03 Å². The van der Waals surface area contributed by atoms with E-state index < -0.39 is 10.0 Å². The molecule has 0 saturated carbocycles. The van der Waals surface area contributed by atoms with E-state index >= 15 is 0 Å². The van der Waals surface area contributed by atoms with E-state index in [0.29, 0.717) is 24.7 Å². The monoisotopic (exact) mass is 300 g/mol. The third-order valence-electron chi connectivity index (χ3n) is 3.94. The first kappa shape index (κ1) is 15.5. The van der Waals surface area contributed by atoms with Crippen molar-refractivity contribution in [1.82, 2.24) is 19.6 Å². The minimum absolute atomic E-state index is 0.196. The molecule has 2 N–H and O–H groups in total. The number of sulfonamides is 1. The number of aromatic amines is 1. The molecule has 0 unspecified atom stereocenters. The van der Waals surface area contributed by atoms with Crippen LogP contribution in [0.2, 0.25) is 0 Å². The van der Waals surface area contributed by atoms with Crippen LogP contribution in [0.5, 0.6) is 0 Å². The van der Waals surface area contributed by atoms with Gasteiger partial charge < -0.3 is 10.3 Å². The topological polar surface area (TPSA) is 78.1 Å². The van der Waals surface area contributed by atoms with Crippen LogP contribution in [0.15, 0.2) is 11.2 Å². The van der Waals surface area contributed by atoms with Gasteiger partial charge in [0.05, 0.1) is 6.20 Å². The van der Waals surface area contributed by atoms with E-state index in [2.05, 4.69) is 15.3 Å². The maximum Gasteiger partial charge on any atom is 0.259 e. The van der Waals surface area contributed by atoms with Gasteiger partial charge in [-0.05, 0) is 38.3 Å². The molecule has 1 aliphatic rings. The normalized spacial score (nSPS) is 17.8. The Balaban J connectivity index is 1.94. The van der Waals surface area contributed by atoms with Crippen molar-refractivity contribution in [2.24, 2.45) is 5.92 Å². The van der Waals surface area contributed by atoms with Crippen LogP contribution in [-0.2, 0) is 16.4 Å².